The van der Waals surface area contributed by atoms with Gasteiger partial charge in [0.1, 0.15) is 11.3 Å². The summed E-state index contributed by atoms with van der Waals surface area (Å²) >= 11 is 0. The standard InChI is InChI=1S/C10H7F5O3/c1-3-7(16)4(5(12)6(13)8(3)17)9(18)10(14,15)2-11/h16-17H,2H2,1H3. The van der Waals surface area contributed by atoms with E-state index < -0.39 is 52.6 Å². The number of phenolic OH excluding ortho intramolecular Hbond substituents is 2. The zero-order chi connectivity index (χ0) is 14.2. The van der Waals surface area contributed by atoms with Crippen LogP contribution in [0.3, 0.4) is 0 Å². The molecule has 0 aliphatic heterocycles. The highest BCUT2D eigenvalue weighted by Gasteiger charge is 2.43. The second-order valence-corrected chi connectivity index (χ2v) is 3.49. The maximum absolute atomic E-state index is 13.2. The largest absolute Gasteiger partial charge is 0.507 e. The van der Waals surface area contributed by atoms with Gasteiger partial charge in [0, 0.05) is 5.56 Å². The van der Waals surface area contributed by atoms with Crippen molar-refractivity contribution < 1.29 is 37.0 Å². The average molecular weight is 270 g/mol. The van der Waals surface area contributed by atoms with Crippen LogP contribution >= 0.6 is 0 Å². The van der Waals surface area contributed by atoms with Crippen LogP contribution in [0.2, 0.25) is 0 Å². The Morgan fingerprint density at radius 2 is 1.67 bits per heavy atom. The van der Waals surface area contributed by atoms with E-state index in [0.29, 0.717) is 0 Å². The lowest BCUT2D eigenvalue weighted by molar-refractivity contribution is -0.00559. The van der Waals surface area contributed by atoms with Gasteiger partial charge in [-0.3, -0.25) is 4.79 Å². The number of benzene rings is 1. The molecule has 0 amide bonds. The molecule has 0 aromatic heterocycles. The number of alkyl halides is 3. The SMILES string of the molecule is Cc1c(O)c(F)c(F)c(C(=O)C(F)(F)CF)c1O. The third kappa shape index (κ3) is 1.98. The lowest BCUT2D eigenvalue weighted by Crippen LogP contribution is -2.32. The van der Waals surface area contributed by atoms with Gasteiger partial charge >= 0.3 is 5.92 Å². The van der Waals surface area contributed by atoms with Crippen LogP contribution in [0, 0.1) is 18.6 Å². The molecule has 8 heteroatoms. The van der Waals surface area contributed by atoms with E-state index in [1.165, 1.54) is 0 Å². The van der Waals surface area contributed by atoms with E-state index in [1.807, 2.05) is 0 Å². The van der Waals surface area contributed by atoms with E-state index in [1.54, 1.807) is 0 Å². The molecule has 0 saturated carbocycles. The van der Waals surface area contributed by atoms with Gasteiger partial charge in [0.25, 0.3) is 0 Å². The summed E-state index contributed by atoms with van der Waals surface area (Å²) < 4.78 is 63.8. The Morgan fingerprint density at radius 1 is 1.17 bits per heavy atom. The van der Waals surface area contributed by atoms with Crippen LogP contribution in [0.5, 0.6) is 11.5 Å². The number of rotatable bonds is 3. The average Bonchev–Trinajstić information content (AvgIpc) is 2.34. The minimum Gasteiger partial charge on any atom is -0.507 e. The summed E-state index contributed by atoms with van der Waals surface area (Å²) in [5, 5.41) is 18.3. The third-order valence-corrected chi connectivity index (χ3v) is 2.29. The van der Waals surface area contributed by atoms with Gasteiger partial charge in [-0.1, -0.05) is 0 Å². The van der Waals surface area contributed by atoms with Crippen molar-refractivity contribution in [3.05, 3.63) is 22.8 Å². The first-order valence-electron chi connectivity index (χ1n) is 4.53. The lowest BCUT2D eigenvalue weighted by atomic mass is 10.00. The number of carbonyl (C=O) groups is 1. The van der Waals surface area contributed by atoms with Crippen LogP contribution < -0.4 is 0 Å². The molecule has 100 valence electrons. The van der Waals surface area contributed by atoms with E-state index in [0.717, 1.165) is 6.92 Å². The Morgan fingerprint density at radius 3 is 2.11 bits per heavy atom. The van der Waals surface area contributed by atoms with Crippen molar-refractivity contribution in [1.29, 1.82) is 0 Å². The Bertz CT molecular complexity index is 484. The van der Waals surface area contributed by atoms with Gasteiger partial charge in [-0.15, -0.1) is 0 Å². The van der Waals surface area contributed by atoms with Crippen molar-refractivity contribution in [2.24, 2.45) is 0 Å². The van der Waals surface area contributed by atoms with E-state index in [9.17, 15) is 31.9 Å². The molecule has 0 aliphatic carbocycles. The Hall–Kier alpha value is -1.86. The number of ketones is 1. The van der Waals surface area contributed by atoms with E-state index in [4.69, 9.17) is 5.11 Å². The van der Waals surface area contributed by atoms with Gasteiger partial charge in [-0.2, -0.15) is 13.2 Å². The third-order valence-electron chi connectivity index (χ3n) is 2.29. The predicted molar refractivity (Wildman–Crippen MR) is 49.7 cm³/mol. The Kier molecular flexibility index (Phi) is 3.50. The normalized spacial score (nSPS) is 11.7. The number of carbonyl (C=O) groups excluding carboxylic acids is 1. The zero-order valence-electron chi connectivity index (χ0n) is 8.90. The first-order valence-corrected chi connectivity index (χ1v) is 4.53. The van der Waals surface area contributed by atoms with Crippen LogP contribution in [0.4, 0.5) is 22.0 Å². The summed E-state index contributed by atoms with van der Waals surface area (Å²) in [6.07, 6.45) is 0. The number of hydrogen-bond acceptors (Lipinski definition) is 3. The first kappa shape index (κ1) is 14.2. The van der Waals surface area contributed by atoms with E-state index in [2.05, 4.69) is 0 Å². The molecule has 0 unspecified atom stereocenters. The summed E-state index contributed by atoms with van der Waals surface area (Å²) in [5.74, 6) is -13.8. The van der Waals surface area contributed by atoms with Gasteiger partial charge in [-0.05, 0) is 6.92 Å². The molecule has 2 N–H and O–H groups in total. The van der Waals surface area contributed by atoms with Gasteiger partial charge < -0.3 is 10.2 Å². The van der Waals surface area contributed by atoms with Crippen molar-refractivity contribution in [3.8, 4) is 11.5 Å². The zero-order valence-corrected chi connectivity index (χ0v) is 8.90. The first-order chi connectivity index (χ1) is 8.15. The van der Waals surface area contributed by atoms with E-state index >= 15 is 0 Å². The second kappa shape index (κ2) is 4.43. The van der Waals surface area contributed by atoms with Gasteiger partial charge in [0.2, 0.25) is 11.6 Å². The molecule has 0 bridgehead atoms. The molecule has 18 heavy (non-hydrogen) atoms. The van der Waals surface area contributed by atoms with Crippen LogP contribution in [0.15, 0.2) is 0 Å². The molecule has 0 atom stereocenters. The minimum absolute atomic E-state index is 0.702. The monoisotopic (exact) mass is 270 g/mol. The Balaban J connectivity index is 3.57. The van der Waals surface area contributed by atoms with Crippen LogP contribution in [0.1, 0.15) is 15.9 Å². The molecule has 0 aliphatic rings. The number of halogens is 5. The molecule has 1 aromatic carbocycles. The van der Waals surface area contributed by atoms with Gasteiger partial charge in [0.15, 0.2) is 18.2 Å². The smallest absolute Gasteiger partial charge is 0.337 e. The summed E-state index contributed by atoms with van der Waals surface area (Å²) in [6, 6.07) is 0. The minimum atomic E-state index is -4.59. The lowest BCUT2D eigenvalue weighted by Gasteiger charge is -2.15. The van der Waals surface area contributed by atoms with E-state index in [-0.39, 0.29) is 0 Å². The molecule has 0 radical (unpaired) electrons. The predicted octanol–water partition coefficient (Wildman–Crippen LogP) is 2.47. The molecule has 3 nitrogen and oxygen atoms in total. The van der Waals surface area contributed by atoms with Gasteiger partial charge in [-0.25, -0.2) is 8.78 Å². The number of aromatic hydroxyl groups is 2. The summed E-state index contributed by atoms with van der Waals surface area (Å²) in [6.45, 7) is -1.55. The molecule has 0 fully saturated rings. The topological polar surface area (TPSA) is 57.5 Å². The van der Waals surface area contributed by atoms with Crippen molar-refractivity contribution in [2.45, 2.75) is 12.8 Å². The van der Waals surface area contributed by atoms with Crippen molar-refractivity contribution in [2.75, 3.05) is 6.67 Å². The second-order valence-electron chi connectivity index (χ2n) is 3.49. The molecule has 0 saturated heterocycles. The number of hydrogen-bond donors (Lipinski definition) is 2. The van der Waals surface area contributed by atoms with Crippen molar-refractivity contribution >= 4 is 5.78 Å². The summed E-state index contributed by atoms with van der Waals surface area (Å²) in [5.41, 5.74) is -2.39. The highest BCUT2D eigenvalue weighted by molar-refractivity contribution is 6.04. The molecular weight excluding hydrogens is 263 g/mol. The van der Waals surface area contributed by atoms with Crippen molar-refractivity contribution in [1.82, 2.24) is 0 Å². The maximum Gasteiger partial charge on any atom is 0.337 e. The number of phenols is 2. The molecule has 0 spiro atoms. The quantitative estimate of drug-likeness (QED) is 0.655. The van der Waals surface area contributed by atoms with Crippen LogP contribution in [-0.4, -0.2) is 28.6 Å². The molecule has 0 heterocycles. The maximum atomic E-state index is 13.2. The molecule has 1 aromatic rings. The fourth-order valence-corrected chi connectivity index (χ4v) is 1.23. The summed E-state index contributed by atoms with van der Waals surface area (Å²) in [7, 11) is 0. The van der Waals surface area contributed by atoms with Crippen LogP contribution in [-0.2, 0) is 0 Å². The Labute approximate surface area is 97.5 Å². The fourth-order valence-electron chi connectivity index (χ4n) is 1.23. The number of Topliss-reactive ketones (excluding diaryl/α,β-unsaturated/α-hetero) is 1. The van der Waals surface area contributed by atoms with Crippen LogP contribution in [0.25, 0.3) is 0 Å². The summed E-state index contributed by atoms with van der Waals surface area (Å²) in [4.78, 5) is 11.1. The van der Waals surface area contributed by atoms with Gasteiger partial charge in [0.05, 0.1) is 0 Å². The fraction of sp³-hybridized carbons (Fsp3) is 0.300. The molecule has 1 rings (SSSR count). The molecular formula is C10H7F5O3. The highest BCUT2D eigenvalue weighted by atomic mass is 19.3. The highest BCUT2D eigenvalue weighted by Crippen LogP contribution is 2.37. The van der Waals surface area contributed by atoms with Crippen molar-refractivity contribution in [3.63, 3.8) is 0 Å².